The first-order valence-corrected chi connectivity index (χ1v) is 4.91. The van der Waals surface area contributed by atoms with E-state index >= 15 is 0 Å². The summed E-state index contributed by atoms with van der Waals surface area (Å²) in [6, 6.07) is 6.28. The summed E-state index contributed by atoms with van der Waals surface area (Å²) in [7, 11) is 0. The van der Waals surface area contributed by atoms with E-state index in [1.54, 1.807) is 0 Å². The van der Waals surface area contributed by atoms with Crippen LogP contribution in [0, 0.1) is 6.92 Å². The van der Waals surface area contributed by atoms with Crippen molar-refractivity contribution in [1.29, 1.82) is 0 Å². The largest absolute Gasteiger partial charge is 0.330 e. The molecule has 1 nitrogen and oxygen atoms in total. The summed E-state index contributed by atoms with van der Waals surface area (Å²) in [4.78, 5) is 0. The maximum Gasteiger partial charge on any atom is 0.0239 e. The van der Waals surface area contributed by atoms with Crippen molar-refractivity contribution in [2.24, 2.45) is 5.73 Å². The second-order valence-corrected chi connectivity index (χ2v) is 3.91. The zero-order valence-corrected chi connectivity index (χ0v) is 9.06. The molecule has 0 saturated heterocycles. The van der Waals surface area contributed by atoms with E-state index in [-0.39, 0.29) is 0 Å². The Bertz CT molecular complexity index is 271. The molecule has 0 radical (unpaired) electrons. The van der Waals surface area contributed by atoms with Crippen LogP contribution in [0.1, 0.15) is 24.0 Å². The molecule has 0 aliphatic heterocycles. The molecular weight excluding hydrogens is 214 g/mol. The van der Waals surface area contributed by atoms with E-state index < -0.39 is 0 Å². The van der Waals surface area contributed by atoms with Gasteiger partial charge in [0.15, 0.2) is 0 Å². The fourth-order valence-electron chi connectivity index (χ4n) is 1.18. The van der Waals surface area contributed by atoms with Gasteiger partial charge in [0.25, 0.3) is 0 Å². The molecule has 0 saturated carbocycles. The van der Waals surface area contributed by atoms with Gasteiger partial charge >= 0.3 is 0 Å². The van der Waals surface area contributed by atoms with E-state index in [2.05, 4.69) is 48.0 Å². The van der Waals surface area contributed by atoms with Crippen molar-refractivity contribution < 1.29 is 0 Å². The van der Waals surface area contributed by atoms with Crippen molar-refractivity contribution in [3.05, 3.63) is 33.8 Å². The molecule has 0 amide bonds. The summed E-state index contributed by atoms with van der Waals surface area (Å²) in [6.07, 6.45) is 0. The van der Waals surface area contributed by atoms with E-state index in [4.69, 9.17) is 5.73 Å². The van der Waals surface area contributed by atoms with Gasteiger partial charge in [0.05, 0.1) is 0 Å². The average Bonchev–Trinajstić information content (AvgIpc) is 2.08. The lowest BCUT2D eigenvalue weighted by atomic mass is 10.00. The summed E-state index contributed by atoms with van der Waals surface area (Å²) in [5.41, 5.74) is 8.18. The zero-order valence-electron chi connectivity index (χ0n) is 7.47. The predicted molar refractivity (Wildman–Crippen MR) is 56.3 cm³/mol. The molecule has 1 rings (SSSR count). The third-order valence-electron chi connectivity index (χ3n) is 2.11. The van der Waals surface area contributed by atoms with E-state index in [0.29, 0.717) is 12.5 Å². The first kappa shape index (κ1) is 9.75. The van der Waals surface area contributed by atoms with Gasteiger partial charge in [-0.25, -0.2) is 0 Å². The number of hydrogen-bond acceptors (Lipinski definition) is 1. The van der Waals surface area contributed by atoms with E-state index in [0.717, 1.165) is 0 Å². The Morgan fingerprint density at radius 1 is 1.50 bits per heavy atom. The molecule has 1 atom stereocenters. The van der Waals surface area contributed by atoms with Crippen LogP contribution in [-0.4, -0.2) is 6.54 Å². The summed E-state index contributed by atoms with van der Waals surface area (Å²) >= 11 is 3.57. The van der Waals surface area contributed by atoms with Crippen LogP contribution in [0.4, 0.5) is 0 Å². The molecule has 66 valence electrons. The lowest BCUT2D eigenvalue weighted by molar-refractivity contribution is 0.769. The first-order valence-electron chi connectivity index (χ1n) is 4.12. The van der Waals surface area contributed by atoms with Crippen LogP contribution >= 0.6 is 15.9 Å². The van der Waals surface area contributed by atoms with Gasteiger partial charge in [-0.05, 0) is 30.5 Å². The van der Waals surface area contributed by atoms with Crippen LogP contribution in [0.15, 0.2) is 22.7 Å². The molecule has 0 bridgehead atoms. The van der Waals surface area contributed by atoms with E-state index in [9.17, 15) is 0 Å². The molecule has 1 aromatic carbocycles. The Morgan fingerprint density at radius 3 is 2.75 bits per heavy atom. The number of hydrogen-bond donors (Lipinski definition) is 1. The molecule has 0 spiro atoms. The van der Waals surface area contributed by atoms with Gasteiger partial charge in [0, 0.05) is 4.47 Å². The highest BCUT2D eigenvalue weighted by Crippen LogP contribution is 2.26. The van der Waals surface area contributed by atoms with E-state index in [1.165, 1.54) is 15.6 Å². The van der Waals surface area contributed by atoms with Crippen LogP contribution < -0.4 is 5.73 Å². The van der Waals surface area contributed by atoms with Gasteiger partial charge in [-0.1, -0.05) is 41.1 Å². The fraction of sp³-hybridized carbons (Fsp3) is 0.400. The van der Waals surface area contributed by atoms with Gasteiger partial charge < -0.3 is 5.73 Å². The van der Waals surface area contributed by atoms with Gasteiger partial charge in [-0.15, -0.1) is 0 Å². The number of aryl methyl sites for hydroxylation is 1. The third kappa shape index (κ3) is 1.87. The Labute approximate surface area is 82.1 Å². The number of benzene rings is 1. The second-order valence-electron chi connectivity index (χ2n) is 3.11. The van der Waals surface area contributed by atoms with Crippen molar-refractivity contribution in [3.63, 3.8) is 0 Å². The van der Waals surface area contributed by atoms with Crippen molar-refractivity contribution in [2.75, 3.05) is 6.54 Å². The van der Waals surface area contributed by atoms with Gasteiger partial charge in [-0.3, -0.25) is 0 Å². The normalized spacial score (nSPS) is 13.0. The van der Waals surface area contributed by atoms with Crippen molar-refractivity contribution >= 4 is 15.9 Å². The minimum atomic E-state index is 0.430. The van der Waals surface area contributed by atoms with E-state index in [1.807, 2.05) is 0 Å². The molecule has 0 heterocycles. The van der Waals surface area contributed by atoms with Crippen LogP contribution in [-0.2, 0) is 0 Å². The molecule has 1 aromatic rings. The summed E-state index contributed by atoms with van der Waals surface area (Å²) in [5, 5.41) is 0. The molecular formula is C10H14BrN. The van der Waals surface area contributed by atoms with Crippen molar-refractivity contribution in [3.8, 4) is 0 Å². The second kappa shape index (κ2) is 4.06. The number of rotatable bonds is 2. The van der Waals surface area contributed by atoms with Crippen molar-refractivity contribution in [2.45, 2.75) is 19.8 Å². The molecule has 0 aliphatic carbocycles. The lowest BCUT2D eigenvalue weighted by Gasteiger charge is -2.12. The summed E-state index contributed by atoms with van der Waals surface area (Å²) in [5.74, 6) is 0.430. The highest BCUT2D eigenvalue weighted by Gasteiger charge is 2.07. The molecule has 0 fully saturated rings. The van der Waals surface area contributed by atoms with Crippen LogP contribution in [0.2, 0.25) is 0 Å². The maximum absolute atomic E-state index is 5.60. The number of halogens is 1. The summed E-state index contributed by atoms with van der Waals surface area (Å²) < 4.78 is 1.20. The van der Waals surface area contributed by atoms with Crippen molar-refractivity contribution in [1.82, 2.24) is 0 Å². The number of nitrogens with two attached hydrogens (primary N) is 1. The van der Waals surface area contributed by atoms with Crippen LogP contribution in [0.25, 0.3) is 0 Å². The van der Waals surface area contributed by atoms with Gasteiger partial charge in [0.1, 0.15) is 0 Å². The van der Waals surface area contributed by atoms with Crippen LogP contribution in [0.3, 0.4) is 0 Å². The standard InChI is InChI=1S/C10H14BrN/c1-7-4-3-5-9(10(7)11)8(2)6-12/h3-5,8H,6,12H2,1-2H3. The smallest absolute Gasteiger partial charge is 0.0239 e. The molecule has 2 heteroatoms. The molecule has 12 heavy (non-hydrogen) atoms. The first-order chi connectivity index (χ1) is 5.66. The SMILES string of the molecule is Cc1cccc(C(C)CN)c1Br. The van der Waals surface area contributed by atoms with Crippen LogP contribution in [0.5, 0.6) is 0 Å². The highest BCUT2D eigenvalue weighted by atomic mass is 79.9. The molecule has 0 aromatic heterocycles. The van der Waals surface area contributed by atoms with Gasteiger partial charge in [0.2, 0.25) is 0 Å². The molecule has 2 N–H and O–H groups in total. The Kier molecular flexibility index (Phi) is 3.29. The zero-order chi connectivity index (χ0) is 9.14. The predicted octanol–water partition coefficient (Wildman–Crippen LogP) is 2.82. The topological polar surface area (TPSA) is 26.0 Å². The minimum Gasteiger partial charge on any atom is -0.330 e. The van der Waals surface area contributed by atoms with Gasteiger partial charge in [-0.2, -0.15) is 0 Å². The fourth-order valence-corrected chi connectivity index (χ4v) is 1.83. The Hall–Kier alpha value is -0.340. The average molecular weight is 228 g/mol. The Balaban J connectivity index is 3.07. The minimum absolute atomic E-state index is 0.430. The Morgan fingerprint density at radius 2 is 2.17 bits per heavy atom. The third-order valence-corrected chi connectivity index (χ3v) is 3.19. The summed E-state index contributed by atoms with van der Waals surface area (Å²) in [6.45, 7) is 4.93. The molecule has 1 unspecified atom stereocenters. The highest BCUT2D eigenvalue weighted by molar-refractivity contribution is 9.10. The lowest BCUT2D eigenvalue weighted by Crippen LogP contribution is -2.09. The maximum atomic E-state index is 5.60. The molecule has 0 aliphatic rings. The quantitative estimate of drug-likeness (QED) is 0.827. The monoisotopic (exact) mass is 227 g/mol.